The molecule has 1 aromatic rings. The van der Waals surface area contributed by atoms with Gasteiger partial charge in [-0.1, -0.05) is 5.92 Å². The van der Waals surface area contributed by atoms with Gasteiger partial charge in [0, 0.05) is 0 Å². The van der Waals surface area contributed by atoms with Crippen molar-refractivity contribution in [1.82, 2.24) is 14.8 Å². The molecule has 5 atom stereocenters. The minimum Gasteiger partial charge on any atom is -0.391 e. The maximum Gasteiger partial charge on any atom is 0.368 e. The number of nitrogen functional groups attached to an aromatic ring is 1. The molecule has 0 aromatic carbocycles. The molecular formula is C12H17N5O4. The number of ether oxygens (including phenoxy) is 1. The average Bonchev–Trinajstić information content (AvgIpc) is 2.64. The van der Waals surface area contributed by atoms with Gasteiger partial charge in [-0.3, -0.25) is 0 Å². The van der Waals surface area contributed by atoms with Gasteiger partial charge in [-0.25, -0.2) is 4.79 Å². The summed E-state index contributed by atoms with van der Waals surface area (Å²) < 4.78 is 6.36. The van der Waals surface area contributed by atoms with Crippen LogP contribution in [0.15, 0.2) is 11.0 Å². The number of aliphatic hydroxyl groups excluding tert-OH is 2. The number of rotatable bonds is 2. The van der Waals surface area contributed by atoms with Gasteiger partial charge in [-0.05, 0) is 13.8 Å². The fraction of sp³-hybridized carbons (Fsp3) is 0.583. The molecule has 114 valence electrons. The molecule has 0 radical (unpaired) electrons. The molecule has 6 N–H and O–H groups in total. The zero-order chi connectivity index (χ0) is 15.8. The third-order valence-electron chi connectivity index (χ3n) is 3.27. The van der Waals surface area contributed by atoms with Crippen LogP contribution in [0.25, 0.3) is 0 Å². The first kappa shape index (κ1) is 15.4. The molecule has 1 fully saturated rings. The average molecular weight is 295 g/mol. The van der Waals surface area contributed by atoms with Crippen molar-refractivity contribution >= 4 is 5.82 Å². The molecule has 1 saturated heterocycles. The summed E-state index contributed by atoms with van der Waals surface area (Å²) in [4.78, 5) is 15.4. The minimum absolute atomic E-state index is 0.0499. The first-order chi connectivity index (χ1) is 9.81. The molecule has 9 heteroatoms. The summed E-state index contributed by atoms with van der Waals surface area (Å²) >= 11 is 0. The normalized spacial score (nSPS) is 33.3. The van der Waals surface area contributed by atoms with E-state index in [4.69, 9.17) is 16.2 Å². The number of anilines is 1. The van der Waals surface area contributed by atoms with E-state index in [0.29, 0.717) is 0 Å². The van der Waals surface area contributed by atoms with E-state index in [1.165, 1.54) is 13.8 Å². The van der Waals surface area contributed by atoms with Crippen LogP contribution in [-0.4, -0.2) is 48.8 Å². The Kier molecular flexibility index (Phi) is 3.97. The van der Waals surface area contributed by atoms with Crippen molar-refractivity contribution in [3.63, 3.8) is 0 Å². The molecule has 0 aliphatic carbocycles. The third-order valence-corrected chi connectivity index (χ3v) is 3.27. The van der Waals surface area contributed by atoms with Crippen LogP contribution in [0.2, 0.25) is 0 Å². The first-order valence-electron chi connectivity index (χ1n) is 6.27. The van der Waals surface area contributed by atoms with Crippen molar-refractivity contribution in [2.24, 2.45) is 5.73 Å². The molecule has 1 aliphatic rings. The summed E-state index contributed by atoms with van der Waals surface area (Å²) in [5.74, 6) is 5.16. The van der Waals surface area contributed by atoms with Crippen LogP contribution in [0.4, 0.5) is 5.82 Å². The SMILES string of the molecule is CC#CC1(N)[C@@H](O)[C@@H]([C@H](C)O)O[C@H]1n1ncc(N)nc1=O. The zero-order valence-electron chi connectivity index (χ0n) is 11.6. The van der Waals surface area contributed by atoms with E-state index < -0.39 is 35.8 Å². The molecule has 0 spiro atoms. The molecule has 1 unspecified atom stereocenters. The number of aromatic nitrogens is 3. The largest absolute Gasteiger partial charge is 0.391 e. The second-order valence-electron chi connectivity index (χ2n) is 4.85. The van der Waals surface area contributed by atoms with Crippen LogP contribution in [0.3, 0.4) is 0 Å². The Morgan fingerprint density at radius 1 is 1.62 bits per heavy atom. The summed E-state index contributed by atoms with van der Waals surface area (Å²) in [6.45, 7) is 2.97. The predicted molar refractivity (Wildman–Crippen MR) is 72.7 cm³/mol. The quantitative estimate of drug-likeness (QED) is 0.440. The van der Waals surface area contributed by atoms with Crippen molar-refractivity contribution in [3.8, 4) is 11.8 Å². The highest BCUT2D eigenvalue weighted by molar-refractivity contribution is 5.26. The molecular weight excluding hydrogens is 278 g/mol. The maximum atomic E-state index is 11.9. The smallest absolute Gasteiger partial charge is 0.368 e. The van der Waals surface area contributed by atoms with Crippen LogP contribution >= 0.6 is 0 Å². The van der Waals surface area contributed by atoms with E-state index >= 15 is 0 Å². The lowest BCUT2D eigenvalue weighted by Crippen LogP contribution is -2.55. The second-order valence-corrected chi connectivity index (χ2v) is 4.85. The second kappa shape index (κ2) is 5.42. The fourth-order valence-corrected chi connectivity index (χ4v) is 2.27. The summed E-state index contributed by atoms with van der Waals surface area (Å²) in [6.07, 6.45) is -3.36. The topological polar surface area (TPSA) is 150 Å². The molecule has 1 aliphatic heterocycles. The Labute approximate surface area is 120 Å². The maximum absolute atomic E-state index is 11.9. The zero-order valence-corrected chi connectivity index (χ0v) is 11.6. The predicted octanol–water partition coefficient (Wildman–Crippen LogP) is -2.42. The molecule has 0 amide bonds. The van der Waals surface area contributed by atoms with Gasteiger partial charge in [0.1, 0.15) is 18.0 Å². The summed E-state index contributed by atoms with van der Waals surface area (Å²) in [5, 5.41) is 23.8. The van der Waals surface area contributed by atoms with Gasteiger partial charge in [0.2, 0.25) is 0 Å². The Morgan fingerprint density at radius 3 is 2.81 bits per heavy atom. The summed E-state index contributed by atoms with van der Waals surface area (Å²) in [5.41, 5.74) is 9.09. The van der Waals surface area contributed by atoms with Crippen molar-refractivity contribution < 1.29 is 14.9 Å². The lowest BCUT2D eigenvalue weighted by atomic mass is 9.90. The lowest BCUT2D eigenvalue weighted by molar-refractivity contribution is -0.0816. The van der Waals surface area contributed by atoms with Crippen molar-refractivity contribution in [2.45, 2.75) is 43.9 Å². The van der Waals surface area contributed by atoms with Crippen molar-refractivity contribution in [2.75, 3.05) is 5.73 Å². The minimum atomic E-state index is -1.61. The van der Waals surface area contributed by atoms with Crippen LogP contribution in [0, 0.1) is 11.8 Å². The highest BCUT2D eigenvalue weighted by Crippen LogP contribution is 2.36. The van der Waals surface area contributed by atoms with E-state index in [0.717, 1.165) is 10.9 Å². The van der Waals surface area contributed by atoms with Crippen LogP contribution in [0.1, 0.15) is 20.1 Å². The number of hydrogen-bond acceptors (Lipinski definition) is 8. The van der Waals surface area contributed by atoms with Gasteiger partial charge in [0.25, 0.3) is 0 Å². The van der Waals surface area contributed by atoms with Crippen molar-refractivity contribution in [1.29, 1.82) is 0 Å². The number of hydrogen-bond donors (Lipinski definition) is 4. The van der Waals surface area contributed by atoms with Gasteiger partial charge in [0.15, 0.2) is 11.8 Å². The number of nitrogens with two attached hydrogens (primary N) is 2. The van der Waals surface area contributed by atoms with E-state index in [1.54, 1.807) is 0 Å². The molecule has 2 rings (SSSR count). The monoisotopic (exact) mass is 295 g/mol. The molecule has 0 bridgehead atoms. The molecule has 0 saturated carbocycles. The highest BCUT2D eigenvalue weighted by atomic mass is 16.6. The Hall–Kier alpha value is -1.99. The molecule has 1 aromatic heterocycles. The van der Waals surface area contributed by atoms with E-state index in [-0.39, 0.29) is 5.82 Å². The van der Waals surface area contributed by atoms with Gasteiger partial charge in [0.05, 0.1) is 12.3 Å². The third kappa shape index (κ3) is 2.50. The van der Waals surface area contributed by atoms with Crippen molar-refractivity contribution in [3.05, 3.63) is 16.7 Å². The van der Waals surface area contributed by atoms with Gasteiger partial charge in [-0.2, -0.15) is 14.8 Å². The molecule has 9 nitrogen and oxygen atoms in total. The van der Waals surface area contributed by atoms with Crippen LogP contribution in [0.5, 0.6) is 0 Å². The van der Waals surface area contributed by atoms with E-state index in [2.05, 4.69) is 21.9 Å². The summed E-state index contributed by atoms with van der Waals surface area (Å²) in [6, 6.07) is 0. The van der Waals surface area contributed by atoms with Gasteiger partial charge in [-0.15, -0.1) is 5.92 Å². The first-order valence-corrected chi connectivity index (χ1v) is 6.27. The number of nitrogens with zero attached hydrogens (tertiary/aromatic N) is 3. The van der Waals surface area contributed by atoms with Crippen LogP contribution in [-0.2, 0) is 4.74 Å². The standard InChI is InChI=1S/C12H17N5O4/c1-3-4-12(14)9(19)8(6(2)18)21-10(12)17-11(20)16-7(13)5-15-17/h5-6,8-10,18-19H,14H2,1-2H3,(H2,13,16,20)/t6-,8+,9-,10+,12?/m0/s1. The van der Waals surface area contributed by atoms with Crippen LogP contribution < -0.4 is 17.2 Å². The fourth-order valence-electron chi connectivity index (χ4n) is 2.27. The Balaban J connectivity index is 2.54. The van der Waals surface area contributed by atoms with Gasteiger partial charge < -0.3 is 26.4 Å². The van der Waals surface area contributed by atoms with E-state index in [1.807, 2.05) is 0 Å². The highest BCUT2D eigenvalue weighted by Gasteiger charge is 2.56. The Bertz CT molecular complexity index is 649. The molecule has 21 heavy (non-hydrogen) atoms. The molecule has 2 heterocycles. The number of aliphatic hydroxyl groups is 2. The lowest BCUT2D eigenvalue weighted by Gasteiger charge is -2.27. The Morgan fingerprint density at radius 2 is 2.29 bits per heavy atom. The summed E-state index contributed by atoms with van der Waals surface area (Å²) in [7, 11) is 0. The van der Waals surface area contributed by atoms with E-state index in [9.17, 15) is 15.0 Å². The van der Waals surface area contributed by atoms with Gasteiger partial charge >= 0.3 is 5.69 Å².